The molecule has 0 heterocycles. The number of anilines is 1. The van der Waals surface area contributed by atoms with Gasteiger partial charge < -0.3 is 9.84 Å². The van der Waals surface area contributed by atoms with E-state index in [1.807, 2.05) is 0 Å². The minimum atomic E-state index is -4.54. The van der Waals surface area contributed by atoms with Gasteiger partial charge in [0.05, 0.1) is 21.9 Å². The fourth-order valence-corrected chi connectivity index (χ4v) is 3.69. The zero-order chi connectivity index (χ0) is 21.1. The van der Waals surface area contributed by atoms with Crippen molar-refractivity contribution in [3.05, 3.63) is 62.7 Å². The highest BCUT2D eigenvalue weighted by atomic mass is 32.2. The van der Waals surface area contributed by atoms with Gasteiger partial charge in [0.1, 0.15) is 18.0 Å². The first-order valence-corrected chi connectivity index (χ1v) is 8.83. The first-order chi connectivity index (χ1) is 13.1. The van der Waals surface area contributed by atoms with Crippen molar-refractivity contribution in [2.75, 3.05) is 18.0 Å². The molecule has 0 bridgehead atoms. The van der Waals surface area contributed by atoms with Gasteiger partial charge in [0.25, 0.3) is 21.4 Å². The number of nitro groups is 2. The zero-order valence-electron chi connectivity index (χ0n) is 14.2. The lowest BCUT2D eigenvalue weighted by atomic mass is 10.2. The van der Waals surface area contributed by atoms with Crippen LogP contribution in [0.2, 0.25) is 0 Å². The van der Waals surface area contributed by atoms with Gasteiger partial charge >= 0.3 is 5.97 Å². The van der Waals surface area contributed by atoms with Crippen LogP contribution in [0.5, 0.6) is 5.75 Å². The van der Waals surface area contributed by atoms with Crippen molar-refractivity contribution >= 4 is 33.1 Å². The highest BCUT2D eigenvalue weighted by Gasteiger charge is 2.31. The number of rotatable bonds is 8. The first kappa shape index (κ1) is 20.6. The van der Waals surface area contributed by atoms with Gasteiger partial charge in [-0.2, -0.15) is 0 Å². The minimum Gasteiger partial charge on any atom is -0.495 e. The van der Waals surface area contributed by atoms with E-state index in [9.17, 15) is 33.4 Å². The average Bonchev–Trinajstić information content (AvgIpc) is 2.65. The molecule has 0 radical (unpaired) electrons. The third-order valence-electron chi connectivity index (χ3n) is 3.56. The topological polar surface area (TPSA) is 170 Å². The number of carbonyl (C=O) groups is 1. The second-order valence-electron chi connectivity index (χ2n) is 5.27. The standard InChI is InChI=1S/C15H13N3O9S/c1-27-14-7-4-11(18(23)24)8-13(14)16(9-15(19)20)28(25,26)12-5-2-10(3-6-12)17(21)22/h2-8H,9H2,1H3,(H,19,20). The predicted octanol–water partition coefficient (Wildman–Crippen LogP) is 1.79. The van der Waals surface area contributed by atoms with Gasteiger partial charge in [-0.25, -0.2) is 8.42 Å². The molecule has 0 aliphatic rings. The molecule has 0 aromatic heterocycles. The molecule has 0 fully saturated rings. The van der Waals surface area contributed by atoms with Crippen LogP contribution in [0.1, 0.15) is 0 Å². The molecule has 2 aromatic rings. The molecule has 12 nitrogen and oxygen atoms in total. The van der Waals surface area contributed by atoms with Crippen LogP contribution < -0.4 is 9.04 Å². The number of ether oxygens (including phenoxy) is 1. The number of nitro benzene ring substituents is 2. The summed E-state index contributed by atoms with van der Waals surface area (Å²) in [5, 5.41) is 30.9. The van der Waals surface area contributed by atoms with Crippen LogP contribution in [0.4, 0.5) is 17.1 Å². The van der Waals surface area contributed by atoms with Crippen LogP contribution in [0, 0.1) is 20.2 Å². The van der Waals surface area contributed by atoms with Crippen LogP contribution in [-0.4, -0.2) is 43.0 Å². The van der Waals surface area contributed by atoms with Gasteiger partial charge in [0.15, 0.2) is 0 Å². The van der Waals surface area contributed by atoms with Crippen molar-refractivity contribution in [2.24, 2.45) is 0 Å². The highest BCUT2D eigenvalue weighted by molar-refractivity contribution is 7.92. The molecule has 0 saturated heterocycles. The molecule has 148 valence electrons. The second-order valence-corrected chi connectivity index (χ2v) is 7.13. The summed E-state index contributed by atoms with van der Waals surface area (Å²) in [5.74, 6) is -1.64. The van der Waals surface area contributed by atoms with Gasteiger partial charge in [-0.05, 0) is 18.2 Å². The van der Waals surface area contributed by atoms with Crippen LogP contribution in [0.15, 0.2) is 47.4 Å². The van der Waals surface area contributed by atoms with Crippen LogP contribution in [-0.2, 0) is 14.8 Å². The summed E-state index contributed by atoms with van der Waals surface area (Å²) in [6, 6.07) is 6.82. The number of sulfonamides is 1. The third-order valence-corrected chi connectivity index (χ3v) is 5.33. The molecule has 0 spiro atoms. The number of hydrogen-bond acceptors (Lipinski definition) is 8. The number of carboxylic acid groups (broad SMARTS) is 1. The molecule has 0 aliphatic heterocycles. The molecule has 2 aromatic carbocycles. The summed E-state index contributed by atoms with van der Waals surface area (Å²) in [6.45, 7) is -1.06. The average molecular weight is 411 g/mol. The maximum absolute atomic E-state index is 13.0. The molecular weight excluding hydrogens is 398 g/mol. The summed E-state index contributed by atoms with van der Waals surface area (Å²) in [6.07, 6.45) is 0. The number of methoxy groups -OCH3 is 1. The largest absolute Gasteiger partial charge is 0.495 e. The summed E-state index contributed by atoms with van der Waals surface area (Å²) < 4.78 is 31.4. The molecule has 2 rings (SSSR count). The summed E-state index contributed by atoms with van der Waals surface area (Å²) >= 11 is 0. The second kappa shape index (κ2) is 7.87. The zero-order valence-corrected chi connectivity index (χ0v) is 15.0. The number of aliphatic carboxylic acids is 1. The molecule has 0 aliphatic carbocycles. The Morgan fingerprint density at radius 2 is 1.61 bits per heavy atom. The van der Waals surface area contributed by atoms with Crippen LogP contribution in [0.25, 0.3) is 0 Å². The Labute approximate surface area is 157 Å². The van der Waals surface area contributed by atoms with Crippen molar-refractivity contribution in [1.82, 2.24) is 0 Å². The smallest absolute Gasteiger partial charge is 0.324 e. The summed E-state index contributed by atoms with van der Waals surface area (Å²) in [7, 11) is -3.36. The van der Waals surface area contributed by atoms with Gasteiger partial charge in [-0.3, -0.25) is 29.3 Å². The Balaban J connectivity index is 2.66. The summed E-state index contributed by atoms with van der Waals surface area (Å²) in [5.41, 5.74) is -1.21. The van der Waals surface area contributed by atoms with E-state index >= 15 is 0 Å². The minimum absolute atomic E-state index is 0.114. The molecule has 0 saturated carbocycles. The number of carboxylic acids is 1. The Morgan fingerprint density at radius 1 is 1.07 bits per heavy atom. The van der Waals surface area contributed by atoms with Crippen molar-refractivity contribution in [2.45, 2.75) is 4.90 Å². The quantitative estimate of drug-likeness (QED) is 0.502. The molecule has 1 N–H and O–H groups in total. The van der Waals surface area contributed by atoms with E-state index < -0.39 is 43.0 Å². The monoisotopic (exact) mass is 411 g/mol. The van der Waals surface area contributed by atoms with Gasteiger partial charge in [0, 0.05) is 24.3 Å². The van der Waals surface area contributed by atoms with Gasteiger partial charge in [-0.1, -0.05) is 0 Å². The molecule has 0 atom stereocenters. The number of hydrogen-bond donors (Lipinski definition) is 1. The number of benzene rings is 2. The number of non-ortho nitro benzene ring substituents is 2. The molecular formula is C15H13N3O9S. The number of nitrogens with zero attached hydrogens (tertiary/aromatic N) is 3. The molecule has 0 unspecified atom stereocenters. The van der Waals surface area contributed by atoms with Crippen molar-refractivity contribution < 1.29 is 32.9 Å². The Hall–Kier alpha value is -3.74. The molecule has 13 heteroatoms. The van der Waals surface area contributed by atoms with Crippen molar-refractivity contribution in [3.8, 4) is 5.75 Å². The normalized spacial score (nSPS) is 10.9. The first-order valence-electron chi connectivity index (χ1n) is 7.39. The highest BCUT2D eigenvalue weighted by Crippen LogP contribution is 2.35. The van der Waals surface area contributed by atoms with E-state index in [1.165, 1.54) is 7.11 Å². The van der Waals surface area contributed by atoms with Gasteiger partial charge in [-0.15, -0.1) is 0 Å². The van der Waals surface area contributed by atoms with Crippen molar-refractivity contribution in [3.63, 3.8) is 0 Å². The maximum Gasteiger partial charge on any atom is 0.324 e. The van der Waals surface area contributed by atoms with E-state index in [4.69, 9.17) is 9.84 Å². The fourth-order valence-electron chi connectivity index (χ4n) is 2.28. The lowest BCUT2D eigenvalue weighted by Crippen LogP contribution is -2.36. The molecule has 0 amide bonds. The van der Waals surface area contributed by atoms with Gasteiger partial charge in [0.2, 0.25) is 0 Å². The predicted molar refractivity (Wildman–Crippen MR) is 94.9 cm³/mol. The van der Waals surface area contributed by atoms with Crippen LogP contribution >= 0.6 is 0 Å². The summed E-state index contributed by atoms with van der Waals surface area (Å²) in [4.78, 5) is 31.1. The fraction of sp³-hybridized carbons (Fsp3) is 0.133. The lowest BCUT2D eigenvalue weighted by Gasteiger charge is -2.24. The van der Waals surface area contributed by atoms with E-state index in [2.05, 4.69) is 0 Å². The van der Waals surface area contributed by atoms with Crippen molar-refractivity contribution in [1.29, 1.82) is 0 Å². The van der Waals surface area contributed by atoms with Crippen LogP contribution in [0.3, 0.4) is 0 Å². The van der Waals surface area contributed by atoms with E-state index in [0.29, 0.717) is 4.31 Å². The Morgan fingerprint density at radius 3 is 2.07 bits per heavy atom. The van der Waals surface area contributed by atoms with E-state index in [0.717, 1.165) is 42.5 Å². The Bertz CT molecular complexity index is 1040. The van der Waals surface area contributed by atoms with E-state index in [-0.39, 0.29) is 17.1 Å². The Kier molecular flexibility index (Phi) is 5.78. The third kappa shape index (κ3) is 4.15. The molecule has 28 heavy (non-hydrogen) atoms. The lowest BCUT2D eigenvalue weighted by molar-refractivity contribution is -0.385. The van der Waals surface area contributed by atoms with E-state index in [1.54, 1.807) is 0 Å². The SMILES string of the molecule is COc1ccc([N+](=O)[O-])cc1N(CC(=O)O)S(=O)(=O)c1ccc([N+](=O)[O-])cc1. The maximum atomic E-state index is 13.0.